The maximum atomic E-state index is 2.43. The van der Waals surface area contributed by atoms with E-state index in [0.29, 0.717) is 0 Å². The molecular formula is C14H16Cl2Hf. The van der Waals surface area contributed by atoms with E-state index in [1.165, 1.54) is 25.7 Å². The van der Waals surface area contributed by atoms with Gasteiger partial charge in [0, 0.05) is 0 Å². The molecule has 17 heavy (non-hydrogen) atoms. The maximum absolute atomic E-state index is 2.43. The summed E-state index contributed by atoms with van der Waals surface area (Å²) >= 11 is -0.531. The molecule has 0 heterocycles. The van der Waals surface area contributed by atoms with Gasteiger partial charge in [-0.15, -0.1) is 0 Å². The fourth-order valence-corrected chi connectivity index (χ4v) is 8.90. The first-order valence-electron chi connectivity index (χ1n) is 5.92. The number of rotatable bonds is 2. The van der Waals surface area contributed by atoms with Crippen molar-refractivity contribution in [3.63, 3.8) is 0 Å². The molecule has 3 aliphatic rings. The van der Waals surface area contributed by atoms with Gasteiger partial charge < -0.3 is 24.8 Å². The Bertz CT molecular complexity index is 380. The van der Waals surface area contributed by atoms with Gasteiger partial charge in [0.25, 0.3) is 0 Å². The molecule has 2 unspecified atom stereocenters. The molecule has 0 N–H and O–H groups in total. The van der Waals surface area contributed by atoms with Gasteiger partial charge in [-0.25, -0.2) is 0 Å². The number of hydrogen-bond acceptors (Lipinski definition) is 0. The maximum Gasteiger partial charge on any atom is -1.00 e. The van der Waals surface area contributed by atoms with E-state index in [0.717, 1.165) is 9.59 Å². The van der Waals surface area contributed by atoms with Crippen LogP contribution in [0.25, 0.3) is 0 Å². The van der Waals surface area contributed by atoms with Crippen LogP contribution in [-0.2, 0) is 22.9 Å². The molecule has 0 saturated heterocycles. The van der Waals surface area contributed by atoms with Gasteiger partial charge in [0.1, 0.15) is 0 Å². The smallest absolute Gasteiger partial charge is 1.00 e. The van der Waals surface area contributed by atoms with Crippen LogP contribution in [0.5, 0.6) is 0 Å². The SMILES string of the molecule is C1=CC[C]([Hf+2][CH]2CCC3CC=CC=C32)=C1.[Cl-].[Cl-]. The minimum absolute atomic E-state index is 0. The van der Waals surface area contributed by atoms with Crippen molar-refractivity contribution in [1.29, 1.82) is 0 Å². The van der Waals surface area contributed by atoms with Crippen LogP contribution in [0.3, 0.4) is 0 Å². The minimum Gasteiger partial charge on any atom is -1.00 e. The molecule has 0 nitrogen and oxygen atoms in total. The van der Waals surface area contributed by atoms with E-state index in [4.69, 9.17) is 0 Å². The first kappa shape index (κ1) is 15.5. The molecule has 2 atom stereocenters. The van der Waals surface area contributed by atoms with E-state index in [2.05, 4.69) is 36.5 Å². The van der Waals surface area contributed by atoms with Gasteiger partial charge in [-0.3, -0.25) is 0 Å². The third-order valence-electron chi connectivity index (χ3n) is 3.65. The second-order valence-electron chi connectivity index (χ2n) is 4.63. The van der Waals surface area contributed by atoms with Crippen LogP contribution in [-0.4, -0.2) is 0 Å². The van der Waals surface area contributed by atoms with Crippen LogP contribution in [0, 0.1) is 5.92 Å². The van der Waals surface area contributed by atoms with E-state index in [9.17, 15) is 0 Å². The summed E-state index contributed by atoms with van der Waals surface area (Å²) in [5.41, 5.74) is 1.83. The van der Waals surface area contributed by atoms with Gasteiger partial charge in [0.2, 0.25) is 0 Å². The van der Waals surface area contributed by atoms with Crippen LogP contribution in [0.2, 0.25) is 3.67 Å². The van der Waals surface area contributed by atoms with Crippen molar-refractivity contribution < 1.29 is 47.7 Å². The molecule has 3 aliphatic carbocycles. The number of halogens is 2. The first-order chi connectivity index (χ1) is 7.43. The van der Waals surface area contributed by atoms with Gasteiger partial charge in [-0.1, -0.05) is 0 Å². The molecule has 1 saturated carbocycles. The van der Waals surface area contributed by atoms with E-state index in [1.807, 2.05) is 8.90 Å². The molecule has 0 aromatic carbocycles. The van der Waals surface area contributed by atoms with Gasteiger partial charge in [0.05, 0.1) is 0 Å². The molecule has 3 rings (SSSR count). The molecule has 90 valence electrons. The number of hydrogen-bond donors (Lipinski definition) is 0. The largest absolute Gasteiger partial charge is 1.00 e. The summed E-state index contributed by atoms with van der Waals surface area (Å²) < 4.78 is 2.88. The zero-order valence-electron chi connectivity index (χ0n) is 9.70. The summed E-state index contributed by atoms with van der Waals surface area (Å²) in [7, 11) is 0. The summed E-state index contributed by atoms with van der Waals surface area (Å²) in [6, 6.07) is 0. The fourth-order valence-electron chi connectivity index (χ4n) is 2.85. The van der Waals surface area contributed by atoms with Gasteiger partial charge >= 0.3 is 104 Å². The van der Waals surface area contributed by atoms with E-state index in [-0.39, 0.29) is 24.8 Å². The van der Waals surface area contributed by atoms with E-state index >= 15 is 0 Å². The Morgan fingerprint density at radius 3 is 2.59 bits per heavy atom. The topological polar surface area (TPSA) is 0 Å². The Morgan fingerprint density at radius 1 is 1.00 bits per heavy atom. The molecule has 0 aromatic rings. The fraction of sp³-hybridized carbons (Fsp3) is 0.429. The van der Waals surface area contributed by atoms with Crippen LogP contribution in [0.1, 0.15) is 25.7 Å². The van der Waals surface area contributed by atoms with Crippen LogP contribution >= 0.6 is 0 Å². The molecule has 0 radical (unpaired) electrons. The third kappa shape index (κ3) is 3.45. The van der Waals surface area contributed by atoms with Crippen molar-refractivity contribution >= 4 is 0 Å². The summed E-state index contributed by atoms with van der Waals surface area (Å²) in [6.45, 7) is 0. The van der Waals surface area contributed by atoms with Gasteiger partial charge in [-0.05, 0) is 0 Å². The van der Waals surface area contributed by atoms with Crippen LogP contribution in [0.15, 0.2) is 45.4 Å². The third-order valence-corrected chi connectivity index (χ3v) is 9.80. The normalized spacial score (nSPS) is 28.5. The predicted octanol–water partition coefficient (Wildman–Crippen LogP) is -1.99. The quantitative estimate of drug-likeness (QED) is 0.442. The van der Waals surface area contributed by atoms with E-state index < -0.39 is 22.9 Å². The summed E-state index contributed by atoms with van der Waals surface area (Å²) in [5, 5.41) is 0. The molecule has 0 bridgehead atoms. The average molecular weight is 434 g/mol. The summed E-state index contributed by atoms with van der Waals surface area (Å²) in [5.74, 6) is 0.933. The van der Waals surface area contributed by atoms with Crippen molar-refractivity contribution in [2.24, 2.45) is 5.92 Å². The minimum atomic E-state index is -0.531. The monoisotopic (exact) mass is 434 g/mol. The molecule has 0 amide bonds. The first-order valence-corrected chi connectivity index (χ1v) is 9.79. The Kier molecular flexibility index (Phi) is 6.47. The molecule has 0 aromatic heterocycles. The molecular weight excluding hydrogens is 418 g/mol. The second kappa shape index (κ2) is 7.11. The van der Waals surface area contributed by atoms with Crippen molar-refractivity contribution in [3.8, 4) is 0 Å². The number of allylic oxidation sites excluding steroid dienone is 8. The van der Waals surface area contributed by atoms with Crippen molar-refractivity contribution in [2.75, 3.05) is 0 Å². The summed E-state index contributed by atoms with van der Waals surface area (Å²) in [6.07, 6.45) is 19.6. The average Bonchev–Trinajstić information content (AvgIpc) is 2.89. The molecule has 1 fully saturated rings. The summed E-state index contributed by atoms with van der Waals surface area (Å²) in [4.78, 5) is 0. The van der Waals surface area contributed by atoms with Crippen molar-refractivity contribution in [1.82, 2.24) is 0 Å². The van der Waals surface area contributed by atoms with Gasteiger partial charge in [0.15, 0.2) is 0 Å². The molecule has 0 spiro atoms. The Morgan fingerprint density at radius 2 is 1.82 bits per heavy atom. The Labute approximate surface area is 127 Å². The second-order valence-corrected chi connectivity index (χ2v) is 10.5. The van der Waals surface area contributed by atoms with E-state index in [1.54, 1.807) is 0 Å². The van der Waals surface area contributed by atoms with Crippen molar-refractivity contribution in [2.45, 2.75) is 29.4 Å². The predicted molar refractivity (Wildman–Crippen MR) is 60.2 cm³/mol. The van der Waals surface area contributed by atoms with Crippen LogP contribution < -0.4 is 24.8 Å². The van der Waals surface area contributed by atoms with Crippen molar-refractivity contribution in [3.05, 3.63) is 45.4 Å². The standard InChI is InChI=1S/C9H11.C5H5.2ClH.Hf/c1-2-5-9-7-3-6-8(9)4-1;1-2-4-5-3-1;;;/h1-2,4,6,9H,3,5,7H2;1-3H,4H2;2*1H;/q;;;;+2/p-2. The zero-order chi connectivity index (χ0) is 10.1. The van der Waals surface area contributed by atoms with Gasteiger partial charge in [-0.2, -0.15) is 0 Å². The molecule has 3 heteroatoms. The Hall–Kier alpha value is 0.410. The molecule has 0 aliphatic heterocycles. The zero-order valence-corrected chi connectivity index (χ0v) is 14.8. The number of fused-ring (bicyclic) bond motifs is 1. The van der Waals surface area contributed by atoms with Crippen LogP contribution in [0.4, 0.5) is 0 Å². The Balaban J connectivity index is 0.000000722.